The Morgan fingerprint density at radius 1 is 1.16 bits per heavy atom. The van der Waals surface area contributed by atoms with Crippen LogP contribution < -0.4 is 9.64 Å². The number of carbonyl (C=O) groups excluding carboxylic acids is 1. The third-order valence-corrected chi connectivity index (χ3v) is 6.38. The van der Waals surface area contributed by atoms with Crippen molar-refractivity contribution >= 4 is 23.2 Å². The van der Waals surface area contributed by atoms with Gasteiger partial charge in [0.25, 0.3) is 5.22 Å². The summed E-state index contributed by atoms with van der Waals surface area (Å²) in [4.78, 5) is 14.8. The van der Waals surface area contributed by atoms with Gasteiger partial charge in [-0.2, -0.15) is 0 Å². The van der Waals surface area contributed by atoms with Gasteiger partial charge in [0.05, 0.1) is 19.3 Å². The molecule has 0 spiro atoms. The first kappa shape index (κ1) is 21.2. The lowest BCUT2D eigenvalue weighted by Crippen LogP contribution is -2.24. The minimum Gasteiger partial charge on any atom is -0.497 e. The molecule has 0 unspecified atom stereocenters. The smallest absolute Gasteiger partial charge is 0.277 e. The number of likely N-dealkylation sites (N-methyl/N-ethyl adjacent to an activating group) is 1. The van der Waals surface area contributed by atoms with Gasteiger partial charge < -0.3 is 14.1 Å². The van der Waals surface area contributed by atoms with E-state index in [1.165, 1.54) is 17.3 Å². The molecule has 0 saturated carbocycles. The molecule has 0 aliphatic carbocycles. The van der Waals surface area contributed by atoms with Gasteiger partial charge in [0.15, 0.2) is 5.78 Å². The van der Waals surface area contributed by atoms with E-state index in [2.05, 4.69) is 41.1 Å². The van der Waals surface area contributed by atoms with Gasteiger partial charge in [-0.25, -0.2) is 0 Å². The molecule has 3 aromatic rings. The molecule has 0 radical (unpaired) electrons. The number of fused-ring (bicyclic) bond motifs is 1. The van der Waals surface area contributed by atoms with Gasteiger partial charge >= 0.3 is 0 Å². The molecular formula is C24H25N3O3S. The van der Waals surface area contributed by atoms with Crippen LogP contribution >= 0.6 is 11.8 Å². The lowest BCUT2D eigenvalue weighted by atomic mass is 9.83. The zero-order chi connectivity index (χ0) is 22.0. The van der Waals surface area contributed by atoms with Crippen LogP contribution in [0.25, 0.3) is 0 Å². The number of carbonyl (C=O) groups is 1. The van der Waals surface area contributed by atoms with Crippen LogP contribution in [0.1, 0.15) is 30.9 Å². The Balaban J connectivity index is 1.38. The van der Waals surface area contributed by atoms with Crippen molar-refractivity contribution in [2.45, 2.75) is 30.9 Å². The zero-order valence-electron chi connectivity index (χ0n) is 18.1. The number of hydrogen-bond donors (Lipinski definition) is 0. The molecule has 1 aromatic heterocycles. The molecule has 0 saturated heterocycles. The third-order valence-electron chi connectivity index (χ3n) is 5.54. The average molecular weight is 436 g/mol. The van der Waals surface area contributed by atoms with E-state index in [9.17, 15) is 4.79 Å². The molecule has 160 valence electrons. The molecule has 0 bridgehead atoms. The normalized spacial score (nSPS) is 15.9. The SMILES string of the molecule is COc1ccc(Cc2nnc(SCC(=O)/C=C3/N(C)c4ccccc4C3(C)C)o2)cc1. The molecule has 31 heavy (non-hydrogen) atoms. The van der Waals surface area contributed by atoms with E-state index in [4.69, 9.17) is 9.15 Å². The fourth-order valence-corrected chi connectivity index (χ4v) is 4.47. The number of ketones is 1. The highest BCUT2D eigenvalue weighted by Gasteiger charge is 2.38. The topological polar surface area (TPSA) is 68.5 Å². The van der Waals surface area contributed by atoms with Crippen LogP contribution in [0.2, 0.25) is 0 Å². The van der Waals surface area contributed by atoms with Gasteiger partial charge in [-0.1, -0.05) is 55.9 Å². The first-order valence-corrected chi connectivity index (χ1v) is 11.0. The molecule has 6 nitrogen and oxygen atoms in total. The standard InChI is InChI=1S/C24H25N3O3S/c1-24(2)19-7-5-6-8-20(19)27(3)21(24)14-17(28)15-31-23-26-25-22(30-23)13-16-9-11-18(29-4)12-10-16/h5-12,14H,13,15H2,1-4H3/b21-14+. The van der Waals surface area contributed by atoms with Gasteiger partial charge in [-0.05, 0) is 29.3 Å². The molecule has 2 aromatic carbocycles. The Kier molecular flexibility index (Phi) is 5.87. The van der Waals surface area contributed by atoms with Gasteiger partial charge in [-0.15, -0.1) is 10.2 Å². The maximum absolute atomic E-state index is 12.7. The fraction of sp³-hybridized carbons (Fsp3) is 0.292. The summed E-state index contributed by atoms with van der Waals surface area (Å²) in [5, 5.41) is 8.56. The summed E-state index contributed by atoms with van der Waals surface area (Å²) in [6.45, 7) is 4.29. The monoisotopic (exact) mass is 435 g/mol. The van der Waals surface area contributed by atoms with E-state index < -0.39 is 0 Å². The Labute approximate surface area is 186 Å². The summed E-state index contributed by atoms with van der Waals surface area (Å²) in [6, 6.07) is 16.0. The Hall–Kier alpha value is -3.06. The number of hydrogen-bond acceptors (Lipinski definition) is 7. The van der Waals surface area contributed by atoms with Crippen LogP contribution in [0.15, 0.2) is 69.9 Å². The van der Waals surface area contributed by atoms with Crippen molar-refractivity contribution in [2.24, 2.45) is 0 Å². The highest BCUT2D eigenvalue weighted by Crippen LogP contribution is 2.46. The number of ether oxygens (including phenoxy) is 1. The van der Waals surface area contributed by atoms with Crippen molar-refractivity contribution in [3.05, 3.63) is 77.3 Å². The Bertz CT molecular complexity index is 1120. The number of nitrogens with zero attached hydrogens (tertiary/aromatic N) is 3. The first-order valence-electron chi connectivity index (χ1n) is 10.0. The highest BCUT2D eigenvalue weighted by molar-refractivity contribution is 7.99. The summed E-state index contributed by atoms with van der Waals surface area (Å²) in [7, 11) is 3.64. The van der Waals surface area contributed by atoms with E-state index in [1.807, 2.05) is 43.4 Å². The van der Waals surface area contributed by atoms with Crippen molar-refractivity contribution in [2.75, 3.05) is 24.8 Å². The number of allylic oxidation sites excluding steroid dienone is 2. The van der Waals surface area contributed by atoms with E-state index in [-0.39, 0.29) is 17.0 Å². The molecule has 4 rings (SSSR count). The molecule has 0 amide bonds. The van der Waals surface area contributed by atoms with Crippen molar-refractivity contribution in [3.63, 3.8) is 0 Å². The first-order chi connectivity index (χ1) is 14.9. The van der Waals surface area contributed by atoms with Gasteiger partial charge in [0.2, 0.25) is 5.89 Å². The highest BCUT2D eigenvalue weighted by atomic mass is 32.2. The summed E-state index contributed by atoms with van der Waals surface area (Å²) in [5.74, 6) is 1.58. The number of para-hydroxylation sites is 1. The number of rotatable bonds is 7. The maximum Gasteiger partial charge on any atom is 0.277 e. The maximum atomic E-state index is 12.7. The van der Waals surface area contributed by atoms with Crippen LogP contribution in [0.4, 0.5) is 5.69 Å². The minimum atomic E-state index is -0.221. The second kappa shape index (κ2) is 8.59. The predicted octanol–water partition coefficient (Wildman–Crippen LogP) is 4.64. The lowest BCUT2D eigenvalue weighted by molar-refractivity contribution is -0.112. The van der Waals surface area contributed by atoms with Crippen molar-refractivity contribution in [1.29, 1.82) is 0 Å². The van der Waals surface area contributed by atoms with E-state index in [0.29, 0.717) is 17.5 Å². The van der Waals surface area contributed by atoms with Crippen LogP contribution in [0.3, 0.4) is 0 Å². The molecular weight excluding hydrogens is 410 g/mol. The van der Waals surface area contributed by atoms with Crippen LogP contribution in [0, 0.1) is 0 Å². The molecule has 0 N–H and O–H groups in total. The quantitative estimate of drug-likeness (QED) is 0.395. The third kappa shape index (κ3) is 4.37. The summed E-state index contributed by atoms with van der Waals surface area (Å²) >= 11 is 1.26. The van der Waals surface area contributed by atoms with E-state index >= 15 is 0 Å². The predicted molar refractivity (Wildman–Crippen MR) is 122 cm³/mol. The summed E-state index contributed by atoms with van der Waals surface area (Å²) in [5.41, 5.74) is 4.18. The van der Waals surface area contributed by atoms with Crippen molar-refractivity contribution in [1.82, 2.24) is 10.2 Å². The Morgan fingerprint density at radius 2 is 1.90 bits per heavy atom. The second-order valence-corrected chi connectivity index (χ2v) is 8.90. The summed E-state index contributed by atoms with van der Waals surface area (Å²) < 4.78 is 10.9. The molecule has 1 aliphatic rings. The zero-order valence-corrected chi connectivity index (χ0v) is 18.9. The fourth-order valence-electron chi connectivity index (χ4n) is 3.87. The van der Waals surface area contributed by atoms with Crippen molar-refractivity contribution < 1.29 is 13.9 Å². The summed E-state index contributed by atoms with van der Waals surface area (Å²) in [6.07, 6.45) is 2.27. The van der Waals surface area contributed by atoms with Crippen LogP contribution in [-0.4, -0.2) is 35.9 Å². The molecule has 7 heteroatoms. The van der Waals surface area contributed by atoms with E-state index in [1.54, 1.807) is 13.2 Å². The van der Waals surface area contributed by atoms with Crippen LogP contribution in [-0.2, 0) is 16.6 Å². The number of benzene rings is 2. The Morgan fingerprint density at radius 3 is 2.61 bits per heavy atom. The number of aromatic nitrogens is 2. The minimum absolute atomic E-state index is 0.0163. The number of thioether (sulfide) groups is 1. The van der Waals surface area contributed by atoms with Crippen molar-refractivity contribution in [3.8, 4) is 5.75 Å². The molecule has 2 heterocycles. The van der Waals surface area contributed by atoms with Crippen LogP contribution in [0.5, 0.6) is 5.75 Å². The van der Waals surface area contributed by atoms with Gasteiger partial charge in [0.1, 0.15) is 5.75 Å². The van der Waals surface area contributed by atoms with Gasteiger partial charge in [-0.3, -0.25) is 4.79 Å². The number of anilines is 1. The van der Waals surface area contributed by atoms with Gasteiger partial charge in [0, 0.05) is 29.9 Å². The second-order valence-electron chi connectivity index (χ2n) is 7.97. The number of methoxy groups -OCH3 is 1. The average Bonchev–Trinajstić information content (AvgIpc) is 3.29. The molecule has 1 aliphatic heterocycles. The largest absolute Gasteiger partial charge is 0.497 e. The lowest BCUT2D eigenvalue weighted by Gasteiger charge is -2.23. The molecule has 0 fully saturated rings. The molecule has 0 atom stereocenters. The van der Waals surface area contributed by atoms with E-state index in [0.717, 1.165) is 22.7 Å².